The molecule has 0 atom stereocenters. The highest BCUT2D eigenvalue weighted by molar-refractivity contribution is 6.33. The van der Waals surface area contributed by atoms with E-state index in [-0.39, 0.29) is 27.8 Å². The first kappa shape index (κ1) is 20.2. The summed E-state index contributed by atoms with van der Waals surface area (Å²) in [6, 6.07) is 11.3. The molecule has 0 saturated heterocycles. The van der Waals surface area contributed by atoms with Crippen LogP contribution in [0.4, 0.5) is 8.78 Å². The third kappa shape index (κ3) is 3.83. The van der Waals surface area contributed by atoms with Crippen LogP contribution in [0.5, 0.6) is 5.75 Å². The zero-order valence-corrected chi connectivity index (χ0v) is 16.8. The molecule has 0 saturated carbocycles. The van der Waals surface area contributed by atoms with Gasteiger partial charge in [0.2, 0.25) is 0 Å². The average Bonchev–Trinajstić information content (AvgIpc) is 3.19. The predicted octanol–water partition coefficient (Wildman–Crippen LogP) is 4.38. The first-order valence-corrected chi connectivity index (χ1v) is 9.69. The molecule has 154 valence electrons. The monoisotopic (exact) mass is 429 g/mol. The number of rotatable bonds is 7. The topological polar surface area (TPSA) is 64.3 Å². The Hall–Kier alpha value is -3.10. The van der Waals surface area contributed by atoms with Crippen molar-refractivity contribution < 1.29 is 13.5 Å². The number of hydrogen-bond acceptors (Lipinski definition) is 5. The van der Waals surface area contributed by atoms with Crippen molar-refractivity contribution in [1.82, 2.24) is 24.9 Å². The Morgan fingerprint density at radius 2 is 1.83 bits per heavy atom. The zero-order valence-electron chi connectivity index (χ0n) is 16.1. The van der Waals surface area contributed by atoms with Crippen LogP contribution in [0.3, 0.4) is 0 Å². The maximum absolute atomic E-state index is 15.1. The highest BCUT2D eigenvalue weighted by Gasteiger charge is 2.25. The molecule has 30 heavy (non-hydrogen) atoms. The average molecular weight is 430 g/mol. The number of benzene rings is 2. The number of nitrogens with zero attached hydrogens (tertiary/aromatic N) is 4. The van der Waals surface area contributed by atoms with Gasteiger partial charge in [0.15, 0.2) is 0 Å². The van der Waals surface area contributed by atoms with Gasteiger partial charge in [-0.2, -0.15) is 19.6 Å². The van der Waals surface area contributed by atoms with E-state index in [1.165, 1.54) is 10.8 Å². The Morgan fingerprint density at radius 3 is 2.53 bits per heavy atom. The van der Waals surface area contributed by atoms with Crippen molar-refractivity contribution in [2.75, 3.05) is 20.2 Å². The summed E-state index contributed by atoms with van der Waals surface area (Å²) in [7, 11) is 1.82. The smallest absolute Gasteiger partial charge is 0.254 e. The minimum absolute atomic E-state index is 0.0742. The van der Waals surface area contributed by atoms with Crippen LogP contribution in [0.25, 0.3) is 28.2 Å². The normalized spacial score (nSPS) is 11.2. The van der Waals surface area contributed by atoms with Gasteiger partial charge < -0.3 is 10.1 Å². The second kappa shape index (κ2) is 8.73. The number of nitrogens with one attached hydrogen (secondary N) is 1. The molecule has 0 amide bonds. The summed E-state index contributed by atoms with van der Waals surface area (Å²) in [5.41, 5.74) is 0.853. The summed E-state index contributed by atoms with van der Waals surface area (Å²) in [6.07, 6.45) is 2.02. The van der Waals surface area contributed by atoms with Gasteiger partial charge in [0.25, 0.3) is 5.78 Å². The summed E-state index contributed by atoms with van der Waals surface area (Å²) in [5, 5.41) is 7.08. The van der Waals surface area contributed by atoms with E-state index in [4.69, 9.17) is 16.3 Å². The predicted molar refractivity (Wildman–Crippen MR) is 111 cm³/mol. The van der Waals surface area contributed by atoms with E-state index in [9.17, 15) is 0 Å². The highest BCUT2D eigenvalue weighted by atomic mass is 35.5. The maximum atomic E-state index is 15.1. The van der Waals surface area contributed by atoms with E-state index >= 15 is 8.78 Å². The van der Waals surface area contributed by atoms with Crippen molar-refractivity contribution in [3.05, 3.63) is 65.6 Å². The van der Waals surface area contributed by atoms with Crippen LogP contribution >= 0.6 is 11.6 Å². The molecule has 2 aromatic carbocycles. The molecule has 2 aromatic heterocycles. The molecular formula is C21H18ClF2N5O. The van der Waals surface area contributed by atoms with E-state index in [1.54, 1.807) is 12.1 Å². The maximum Gasteiger partial charge on any atom is 0.254 e. The molecule has 0 aliphatic carbocycles. The lowest BCUT2D eigenvalue weighted by Gasteiger charge is -2.15. The molecule has 6 nitrogen and oxygen atoms in total. The Balaban J connectivity index is 1.87. The van der Waals surface area contributed by atoms with Gasteiger partial charge in [-0.25, -0.2) is 8.78 Å². The fourth-order valence-corrected chi connectivity index (χ4v) is 3.47. The molecule has 0 radical (unpaired) electrons. The fourth-order valence-electron chi connectivity index (χ4n) is 3.21. The number of halogens is 3. The molecule has 1 N–H and O–H groups in total. The summed E-state index contributed by atoms with van der Waals surface area (Å²) < 4.78 is 37.1. The van der Waals surface area contributed by atoms with Gasteiger partial charge >= 0.3 is 0 Å². The highest BCUT2D eigenvalue weighted by Crippen LogP contribution is 2.40. The van der Waals surface area contributed by atoms with Crippen molar-refractivity contribution in [2.24, 2.45) is 0 Å². The molecule has 4 rings (SSSR count). The summed E-state index contributed by atoms with van der Waals surface area (Å²) in [5.74, 6) is -1.28. The Kier molecular flexibility index (Phi) is 5.87. The summed E-state index contributed by atoms with van der Waals surface area (Å²) in [4.78, 5) is 8.21. The third-order valence-corrected chi connectivity index (χ3v) is 4.81. The SMILES string of the molecule is CNCCCOc1cc(F)c(-c2c(Cl)nc3ncnn3c2-c2ccccc2)c(F)c1. The van der Waals surface area contributed by atoms with E-state index < -0.39 is 11.6 Å². The van der Waals surface area contributed by atoms with Crippen LogP contribution < -0.4 is 10.1 Å². The lowest BCUT2D eigenvalue weighted by Crippen LogP contribution is -2.11. The quantitative estimate of drug-likeness (QED) is 0.349. The molecule has 0 bridgehead atoms. The summed E-state index contributed by atoms with van der Waals surface area (Å²) in [6.45, 7) is 1.07. The number of ether oxygens (including phenoxy) is 1. The second-order valence-electron chi connectivity index (χ2n) is 6.53. The molecule has 0 fully saturated rings. The Labute approximate surface area is 176 Å². The Bertz CT molecular complexity index is 1160. The van der Waals surface area contributed by atoms with Gasteiger partial charge in [-0.1, -0.05) is 41.9 Å². The van der Waals surface area contributed by atoms with Gasteiger partial charge in [0.05, 0.1) is 23.4 Å². The molecule has 0 aliphatic rings. The molecule has 2 heterocycles. The van der Waals surface area contributed by atoms with Gasteiger partial charge in [-0.15, -0.1) is 0 Å². The van der Waals surface area contributed by atoms with Crippen LogP contribution in [0.2, 0.25) is 5.15 Å². The minimum Gasteiger partial charge on any atom is -0.493 e. The molecule has 4 aromatic rings. The van der Waals surface area contributed by atoms with E-state index in [1.807, 2.05) is 25.2 Å². The zero-order chi connectivity index (χ0) is 21.1. The van der Waals surface area contributed by atoms with Gasteiger partial charge in [-0.05, 0) is 20.0 Å². The lowest BCUT2D eigenvalue weighted by atomic mass is 9.99. The van der Waals surface area contributed by atoms with Crippen molar-refractivity contribution in [2.45, 2.75) is 6.42 Å². The fraction of sp³-hybridized carbons (Fsp3) is 0.190. The largest absolute Gasteiger partial charge is 0.493 e. The second-order valence-corrected chi connectivity index (χ2v) is 6.89. The van der Waals surface area contributed by atoms with Crippen molar-refractivity contribution in [3.63, 3.8) is 0 Å². The first-order valence-electron chi connectivity index (χ1n) is 9.31. The van der Waals surface area contributed by atoms with E-state index in [0.29, 0.717) is 24.3 Å². The lowest BCUT2D eigenvalue weighted by molar-refractivity contribution is 0.306. The van der Waals surface area contributed by atoms with Crippen LogP contribution in [0.15, 0.2) is 48.8 Å². The molecular weight excluding hydrogens is 412 g/mol. The molecule has 0 unspecified atom stereocenters. The van der Waals surface area contributed by atoms with Crippen molar-refractivity contribution in [1.29, 1.82) is 0 Å². The Morgan fingerprint density at radius 1 is 1.10 bits per heavy atom. The van der Waals surface area contributed by atoms with Crippen molar-refractivity contribution >= 4 is 17.4 Å². The third-order valence-electron chi connectivity index (χ3n) is 4.54. The molecule has 0 spiro atoms. The summed E-state index contributed by atoms with van der Waals surface area (Å²) >= 11 is 6.39. The van der Waals surface area contributed by atoms with Crippen LogP contribution in [0.1, 0.15) is 6.42 Å². The standard InChI is InChI=1S/C21H18ClF2N5O/c1-25-8-5-9-30-14-10-15(23)17(16(24)11-14)18-19(13-6-3-2-4-7-13)29-21(26-12-27-29)28-20(18)22/h2-4,6-7,10-12,25H,5,8-9H2,1H3. The minimum atomic E-state index is -0.807. The number of hydrogen-bond donors (Lipinski definition) is 1. The molecule has 0 aliphatic heterocycles. The molecule has 9 heteroatoms. The first-order chi connectivity index (χ1) is 14.6. The van der Waals surface area contributed by atoms with Crippen LogP contribution in [0, 0.1) is 11.6 Å². The van der Waals surface area contributed by atoms with Crippen molar-refractivity contribution in [3.8, 4) is 28.1 Å². The van der Waals surface area contributed by atoms with E-state index in [0.717, 1.165) is 18.7 Å². The van der Waals surface area contributed by atoms with Gasteiger partial charge in [0, 0.05) is 17.7 Å². The van der Waals surface area contributed by atoms with Crippen LogP contribution in [-0.2, 0) is 0 Å². The van der Waals surface area contributed by atoms with Crippen LogP contribution in [-0.4, -0.2) is 39.8 Å². The number of aromatic nitrogens is 4. The van der Waals surface area contributed by atoms with Gasteiger partial charge in [0.1, 0.15) is 28.9 Å². The van der Waals surface area contributed by atoms with Gasteiger partial charge in [-0.3, -0.25) is 0 Å². The van der Waals surface area contributed by atoms with E-state index in [2.05, 4.69) is 20.4 Å². The number of fused-ring (bicyclic) bond motifs is 1.